The maximum Gasteiger partial charge on any atom is 0.223 e. The second-order valence-electron chi connectivity index (χ2n) is 11.2. The van der Waals surface area contributed by atoms with Crippen molar-refractivity contribution in [1.82, 2.24) is 24.6 Å². The lowest BCUT2D eigenvalue weighted by molar-refractivity contribution is 0.242. The van der Waals surface area contributed by atoms with Crippen molar-refractivity contribution in [3.05, 3.63) is 18.0 Å². The molecule has 2 aromatic heterocycles. The second-order valence-corrected chi connectivity index (χ2v) is 13.3. The molecule has 4 aliphatic rings. The molecule has 0 radical (unpaired) electrons. The molecule has 9 nitrogen and oxygen atoms in total. The minimum atomic E-state index is -3.16. The topological polar surface area (TPSA) is 103 Å². The molecular weight excluding hydrogens is 462 g/mol. The van der Waals surface area contributed by atoms with E-state index in [0.717, 1.165) is 74.3 Å². The van der Waals surface area contributed by atoms with Gasteiger partial charge in [0.25, 0.3) is 0 Å². The third-order valence-corrected chi connectivity index (χ3v) is 10.5. The molecule has 0 unspecified atom stereocenters. The molecule has 6 rings (SSSR count). The van der Waals surface area contributed by atoms with Gasteiger partial charge in [0.05, 0.1) is 5.75 Å². The molecule has 1 aliphatic carbocycles. The Morgan fingerprint density at radius 2 is 1.91 bits per heavy atom. The third kappa shape index (κ3) is 4.72. The number of pyridine rings is 1. The maximum atomic E-state index is 12.9. The number of nitrogens with zero attached hydrogens (tertiary/aromatic N) is 5. The largest absolute Gasteiger partial charge is 0.353 e. The summed E-state index contributed by atoms with van der Waals surface area (Å²) in [5, 5.41) is 7.99. The fraction of sp³-hybridized carbons (Fsp3) is 0.720. The van der Waals surface area contributed by atoms with Gasteiger partial charge in [-0.2, -0.15) is 0 Å². The lowest BCUT2D eigenvalue weighted by Crippen LogP contribution is -2.58. The van der Waals surface area contributed by atoms with Crippen LogP contribution in [0, 0.1) is 18.3 Å². The maximum absolute atomic E-state index is 12.9. The van der Waals surface area contributed by atoms with Crippen molar-refractivity contribution in [2.24, 2.45) is 11.3 Å². The standard InChI is InChI=1S/C25H37N7O2S/c1-18-12-20-13-27-24(30-22(20)23(28-18)31-16-25(17-31)8-9-26-15-25)29-21-6-10-32(11-7-21)35(33,34)14-19-4-2-3-5-19/h12-13,19,21,26H,2-11,14-17H2,1H3,(H,27,29,30). The van der Waals surface area contributed by atoms with E-state index in [-0.39, 0.29) is 6.04 Å². The SMILES string of the molecule is Cc1cc2cnc(NC3CCN(S(=O)(=O)CC4CCCC4)CC3)nc2c(N2CC3(CCNC3)C2)n1. The van der Waals surface area contributed by atoms with E-state index < -0.39 is 10.0 Å². The highest BCUT2D eigenvalue weighted by Gasteiger charge is 2.46. The number of aromatic nitrogens is 3. The van der Waals surface area contributed by atoms with Crippen LogP contribution in [0.5, 0.6) is 0 Å². The van der Waals surface area contributed by atoms with Crippen LogP contribution in [0.3, 0.4) is 0 Å². The summed E-state index contributed by atoms with van der Waals surface area (Å²) >= 11 is 0. The van der Waals surface area contributed by atoms with Crippen LogP contribution < -0.4 is 15.5 Å². The number of nitrogens with one attached hydrogen (secondary N) is 2. The highest BCUT2D eigenvalue weighted by atomic mass is 32.2. The van der Waals surface area contributed by atoms with Crippen molar-refractivity contribution in [1.29, 1.82) is 0 Å². The summed E-state index contributed by atoms with van der Waals surface area (Å²) in [7, 11) is -3.16. The monoisotopic (exact) mass is 499 g/mol. The summed E-state index contributed by atoms with van der Waals surface area (Å²) < 4.78 is 27.4. The highest BCUT2D eigenvalue weighted by Crippen LogP contribution is 2.40. The molecule has 4 fully saturated rings. The predicted molar refractivity (Wildman–Crippen MR) is 138 cm³/mol. The average molecular weight is 500 g/mol. The first kappa shape index (κ1) is 23.4. The van der Waals surface area contributed by atoms with Gasteiger partial charge in [-0.25, -0.2) is 27.7 Å². The third-order valence-electron chi connectivity index (χ3n) is 8.46. The van der Waals surface area contributed by atoms with Gasteiger partial charge in [0.1, 0.15) is 5.52 Å². The quantitative estimate of drug-likeness (QED) is 0.625. The fourth-order valence-corrected chi connectivity index (χ4v) is 8.37. The molecular formula is C25H37N7O2S. The molecule has 0 amide bonds. The van der Waals surface area contributed by atoms with Gasteiger partial charge >= 0.3 is 0 Å². The van der Waals surface area contributed by atoms with Crippen LogP contribution in [0.15, 0.2) is 12.3 Å². The number of piperidine rings is 1. The molecule has 1 saturated carbocycles. The average Bonchev–Trinajstić information content (AvgIpc) is 3.50. The highest BCUT2D eigenvalue weighted by molar-refractivity contribution is 7.89. The van der Waals surface area contributed by atoms with Gasteiger partial charge < -0.3 is 15.5 Å². The van der Waals surface area contributed by atoms with E-state index in [0.29, 0.717) is 36.1 Å². The normalized spacial score (nSPS) is 23.9. The molecule has 1 spiro atoms. The van der Waals surface area contributed by atoms with E-state index in [1.807, 2.05) is 19.2 Å². The van der Waals surface area contributed by atoms with E-state index in [2.05, 4.69) is 20.5 Å². The molecule has 2 aromatic rings. The molecule has 2 N–H and O–H groups in total. The van der Waals surface area contributed by atoms with Gasteiger partial charge in [-0.1, -0.05) is 12.8 Å². The molecule has 35 heavy (non-hydrogen) atoms. The van der Waals surface area contributed by atoms with Crippen LogP contribution in [-0.4, -0.2) is 78.7 Å². The summed E-state index contributed by atoms with van der Waals surface area (Å²) in [5.41, 5.74) is 2.26. The fourth-order valence-electron chi connectivity index (χ4n) is 6.46. The number of rotatable bonds is 6. The van der Waals surface area contributed by atoms with E-state index in [9.17, 15) is 8.42 Å². The smallest absolute Gasteiger partial charge is 0.223 e. The van der Waals surface area contributed by atoms with Crippen LogP contribution in [0.2, 0.25) is 0 Å². The molecule has 3 aliphatic heterocycles. The molecule has 0 bridgehead atoms. The van der Waals surface area contributed by atoms with Gasteiger partial charge in [-0.3, -0.25) is 0 Å². The number of hydrogen-bond acceptors (Lipinski definition) is 8. The number of aryl methyl sites for hydroxylation is 1. The van der Waals surface area contributed by atoms with E-state index in [1.165, 1.54) is 19.3 Å². The van der Waals surface area contributed by atoms with Gasteiger partial charge in [-0.15, -0.1) is 0 Å². The van der Waals surface area contributed by atoms with Crippen LogP contribution in [0.1, 0.15) is 50.6 Å². The Bertz CT molecular complexity index is 1180. The van der Waals surface area contributed by atoms with Gasteiger partial charge in [0.15, 0.2) is 5.82 Å². The Balaban J connectivity index is 1.12. The van der Waals surface area contributed by atoms with Crippen LogP contribution in [-0.2, 0) is 10.0 Å². The van der Waals surface area contributed by atoms with Crippen molar-refractivity contribution in [3.8, 4) is 0 Å². The number of hydrogen-bond donors (Lipinski definition) is 2. The molecule has 5 heterocycles. The van der Waals surface area contributed by atoms with Crippen LogP contribution >= 0.6 is 0 Å². The summed E-state index contributed by atoms with van der Waals surface area (Å²) in [6.45, 7) is 7.39. The lowest BCUT2D eigenvalue weighted by atomic mass is 9.79. The van der Waals surface area contributed by atoms with Crippen molar-refractivity contribution < 1.29 is 8.42 Å². The molecule has 10 heteroatoms. The van der Waals surface area contributed by atoms with Crippen molar-refractivity contribution in [2.75, 3.05) is 55.2 Å². The molecule has 0 atom stereocenters. The second kappa shape index (κ2) is 9.12. The first-order chi connectivity index (χ1) is 16.9. The van der Waals surface area contributed by atoms with E-state index >= 15 is 0 Å². The molecule has 190 valence electrons. The zero-order valence-electron chi connectivity index (χ0n) is 20.7. The van der Waals surface area contributed by atoms with E-state index in [4.69, 9.17) is 9.97 Å². The van der Waals surface area contributed by atoms with Crippen molar-refractivity contribution in [2.45, 2.75) is 57.9 Å². The lowest BCUT2D eigenvalue weighted by Gasteiger charge is -2.48. The first-order valence-electron chi connectivity index (χ1n) is 13.2. The Morgan fingerprint density at radius 3 is 2.63 bits per heavy atom. The van der Waals surface area contributed by atoms with Crippen molar-refractivity contribution >= 4 is 32.7 Å². The number of fused-ring (bicyclic) bond motifs is 1. The Morgan fingerprint density at radius 1 is 1.14 bits per heavy atom. The van der Waals surface area contributed by atoms with Crippen LogP contribution in [0.4, 0.5) is 11.8 Å². The Kier molecular flexibility index (Phi) is 6.09. The zero-order valence-corrected chi connectivity index (χ0v) is 21.5. The molecule has 0 aromatic carbocycles. The minimum Gasteiger partial charge on any atom is -0.353 e. The van der Waals surface area contributed by atoms with Gasteiger partial charge in [0, 0.05) is 61.5 Å². The van der Waals surface area contributed by atoms with Crippen molar-refractivity contribution in [3.63, 3.8) is 0 Å². The predicted octanol–water partition coefficient (Wildman–Crippen LogP) is 2.53. The van der Waals surface area contributed by atoms with Gasteiger partial charge in [-0.05, 0) is 57.6 Å². The van der Waals surface area contributed by atoms with Crippen LogP contribution in [0.25, 0.3) is 10.9 Å². The van der Waals surface area contributed by atoms with Gasteiger partial charge in [0.2, 0.25) is 16.0 Å². The minimum absolute atomic E-state index is 0.170. The summed E-state index contributed by atoms with van der Waals surface area (Å²) in [6, 6.07) is 2.22. The zero-order chi connectivity index (χ0) is 24.0. The summed E-state index contributed by atoms with van der Waals surface area (Å²) in [5.74, 6) is 2.23. The first-order valence-corrected chi connectivity index (χ1v) is 14.8. The molecule has 3 saturated heterocycles. The summed E-state index contributed by atoms with van der Waals surface area (Å²) in [4.78, 5) is 16.7. The van der Waals surface area contributed by atoms with E-state index in [1.54, 1.807) is 4.31 Å². The number of anilines is 2. The number of sulfonamides is 1. The Hall–Kier alpha value is -2.04. The summed E-state index contributed by atoms with van der Waals surface area (Å²) in [6.07, 6.45) is 9.11. The Labute approximate surface area is 208 Å².